The van der Waals surface area contributed by atoms with Crippen molar-refractivity contribution >= 4 is 5.69 Å². The Kier molecular flexibility index (Phi) is 4.91. The Morgan fingerprint density at radius 3 is 2.68 bits per heavy atom. The summed E-state index contributed by atoms with van der Waals surface area (Å²) in [7, 11) is 0. The molecule has 1 aliphatic rings. The first kappa shape index (κ1) is 14.0. The van der Waals surface area contributed by atoms with Crippen LogP contribution in [0.25, 0.3) is 0 Å². The first-order chi connectivity index (χ1) is 9.15. The van der Waals surface area contributed by atoms with Gasteiger partial charge in [0.1, 0.15) is 0 Å². The summed E-state index contributed by atoms with van der Waals surface area (Å²) in [5.41, 5.74) is 1.32. The van der Waals surface area contributed by atoms with Gasteiger partial charge in [0.25, 0.3) is 5.69 Å². The summed E-state index contributed by atoms with van der Waals surface area (Å²) < 4.78 is 0. The molecular formula is C15H22N2O2. The summed E-state index contributed by atoms with van der Waals surface area (Å²) in [6.07, 6.45) is 6.19. The SMILES string of the molecule is CC1CCCC(NCCc2ccc([N+](=O)[O-])cc2)C1. The summed E-state index contributed by atoms with van der Waals surface area (Å²) in [6, 6.07) is 7.52. The van der Waals surface area contributed by atoms with E-state index in [0.717, 1.165) is 24.4 Å². The predicted molar refractivity (Wildman–Crippen MR) is 76.2 cm³/mol. The Bertz CT molecular complexity index is 417. The molecule has 4 nitrogen and oxygen atoms in total. The van der Waals surface area contributed by atoms with Crippen LogP contribution in [0.15, 0.2) is 24.3 Å². The van der Waals surface area contributed by atoms with Crippen molar-refractivity contribution in [3.63, 3.8) is 0 Å². The fourth-order valence-corrected chi connectivity index (χ4v) is 2.82. The molecule has 0 bridgehead atoms. The molecule has 1 aliphatic carbocycles. The van der Waals surface area contributed by atoms with Gasteiger partial charge in [-0.1, -0.05) is 31.9 Å². The zero-order valence-electron chi connectivity index (χ0n) is 11.5. The second-order valence-electron chi connectivity index (χ2n) is 5.60. The van der Waals surface area contributed by atoms with Gasteiger partial charge in [0.05, 0.1) is 4.92 Å². The van der Waals surface area contributed by atoms with Gasteiger partial charge in [0.15, 0.2) is 0 Å². The van der Waals surface area contributed by atoms with Crippen LogP contribution in [0.5, 0.6) is 0 Å². The number of hydrogen-bond donors (Lipinski definition) is 1. The molecule has 0 heterocycles. The van der Waals surface area contributed by atoms with E-state index in [1.807, 2.05) is 12.1 Å². The van der Waals surface area contributed by atoms with Gasteiger partial charge in [-0.3, -0.25) is 10.1 Å². The number of nitrogens with zero attached hydrogens (tertiary/aromatic N) is 1. The van der Waals surface area contributed by atoms with Gasteiger partial charge < -0.3 is 5.32 Å². The van der Waals surface area contributed by atoms with Crippen molar-refractivity contribution in [3.8, 4) is 0 Å². The lowest BCUT2D eigenvalue weighted by Gasteiger charge is -2.27. The van der Waals surface area contributed by atoms with Crippen LogP contribution in [0.4, 0.5) is 5.69 Å². The van der Waals surface area contributed by atoms with Crippen LogP contribution >= 0.6 is 0 Å². The van der Waals surface area contributed by atoms with Crippen molar-refractivity contribution in [2.75, 3.05) is 6.54 Å². The average molecular weight is 262 g/mol. The second kappa shape index (κ2) is 6.66. The zero-order chi connectivity index (χ0) is 13.7. The molecule has 1 N–H and O–H groups in total. The van der Waals surface area contributed by atoms with Crippen LogP contribution in [0.3, 0.4) is 0 Å². The standard InChI is InChI=1S/C15H22N2O2/c1-12-3-2-4-14(11-12)16-10-9-13-5-7-15(8-6-13)17(18)19/h5-8,12,14,16H,2-4,9-11H2,1H3. The van der Waals surface area contributed by atoms with Gasteiger partial charge in [-0.25, -0.2) is 0 Å². The smallest absolute Gasteiger partial charge is 0.269 e. The molecule has 4 heteroatoms. The number of non-ortho nitro benzene ring substituents is 1. The van der Waals surface area contributed by atoms with E-state index >= 15 is 0 Å². The van der Waals surface area contributed by atoms with Gasteiger partial charge in [0.2, 0.25) is 0 Å². The fourth-order valence-electron chi connectivity index (χ4n) is 2.82. The molecule has 104 valence electrons. The first-order valence-corrected chi connectivity index (χ1v) is 7.12. The molecule has 2 rings (SSSR count). The molecular weight excluding hydrogens is 240 g/mol. The van der Waals surface area contributed by atoms with E-state index in [1.165, 1.54) is 25.7 Å². The van der Waals surface area contributed by atoms with Gasteiger partial charge in [-0.05, 0) is 37.3 Å². The molecule has 2 atom stereocenters. The molecule has 1 aromatic rings. The zero-order valence-corrected chi connectivity index (χ0v) is 11.5. The molecule has 0 saturated heterocycles. The van der Waals surface area contributed by atoms with Crippen LogP contribution in [0, 0.1) is 16.0 Å². The summed E-state index contributed by atoms with van der Waals surface area (Å²) in [4.78, 5) is 10.2. The Hall–Kier alpha value is -1.42. The van der Waals surface area contributed by atoms with E-state index in [1.54, 1.807) is 12.1 Å². The van der Waals surface area contributed by atoms with Gasteiger partial charge >= 0.3 is 0 Å². The third kappa shape index (κ3) is 4.31. The number of nitro benzene ring substituents is 1. The molecule has 0 amide bonds. The Balaban J connectivity index is 1.74. The van der Waals surface area contributed by atoms with Crippen molar-refractivity contribution in [2.24, 2.45) is 5.92 Å². The maximum absolute atomic E-state index is 10.6. The number of nitrogens with one attached hydrogen (secondary N) is 1. The Morgan fingerprint density at radius 1 is 1.32 bits per heavy atom. The number of nitro groups is 1. The lowest BCUT2D eigenvalue weighted by atomic mass is 9.87. The summed E-state index contributed by atoms with van der Waals surface area (Å²) >= 11 is 0. The fraction of sp³-hybridized carbons (Fsp3) is 0.600. The second-order valence-corrected chi connectivity index (χ2v) is 5.60. The van der Waals surface area contributed by atoms with Crippen molar-refractivity contribution in [2.45, 2.75) is 45.1 Å². The molecule has 0 spiro atoms. The number of rotatable bonds is 5. The van der Waals surface area contributed by atoms with E-state index in [9.17, 15) is 10.1 Å². The molecule has 1 aromatic carbocycles. The number of hydrogen-bond acceptors (Lipinski definition) is 3. The minimum absolute atomic E-state index is 0.165. The maximum Gasteiger partial charge on any atom is 0.269 e. The summed E-state index contributed by atoms with van der Waals surface area (Å²) in [5, 5.41) is 14.2. The Morgan fingerprint density at radius 2 is 2.05 bits per heavy atom. The number of benzene rings is 1. The summed E-state index contributed by atoms with van der Waals surface area (Å²) in [6.45, 7) is 3.28. The average Bonchev–Trinajstić information content (AvgIpc) is 2.39. The molecule has 0 aromatic heterocycles. The predicted octanol–water partition coefficient (Wildman–Crippen LogP) is 3.31. The van der Waals surface area contributed by atoms with Crippen LogP contribution in [-0.4, -0.2) is 17.5 Å². The lowest BCUT2D eigenvalue weighted by molar-refractivity contribution is -0.384. The van der Waals surface area contributed by atoms with E-state index in [0.29, 0.717) is 6.04 Å². The van der Waals surface area contributed by atoms with Crippen LogP contribution in [-0.2, 0) is 6.42 Å². The highest BCUT2D eigenvalue weighted by atomic mass is 16.6. The highest BCUT2D eigenvalue weighted by Crippen LogP contribution is 2.23. The largest absolute Gasteiger partial charge is 0.314 e. The van der Waals surface area contributed by atoms with Crippen molar-refractivity contribution in [1.29, 1.82) is 0 Å². The topological polar surface area (TPSA) is 55.2 Å². The van der Waals surface area contributed by atoms with E-state index in [4.69, 9.17) is 0 Å². The third-order valence-electron chi connectivity index (χ3n) is 3.93. The van der Waals surface area contributed by atoms with Crippen LogP contribution in [0.2, 0.25) is 0 Å². The third-order valence-corrected chi connectivity index (χ3v) is 3.93. The van der Waals surface area contributed by atoms with E-state index in [2.05, 4.69) is 12.2 Å². The van der Waals surface area contributed by atoms with Crippen molar-refractivity contribution < 1.29 is 4.92 Å². The van der Waals surface area contributed by atoms with Crippen molar-refractivity contribution in [1.82, 2.24) is 5.32 Å². The minimum atomic E-state index is -0.356. The van der Waals surface area contributed by atoms with Gasteiger partial charge in [0, 0.05) is 18.2 Å². The normalized spacial score (nSPS) is 23.2. The van der Waals surface area contributed by atoms with Crippen molar-refractivity contribution in [3.05, 3.63) is 39.9 Å². The van der Waals surface area contributed by atoms with E-state index in [-0.39, 0.29) is 10.6 Å². The molecule has 0 aliphatic heterocycles. The minimum Gasteiger partial charge on any atom is -0.314 e. The molecule has 1 fully saturated rings. The molecule has 2 unspecified atom stereocenters. The highest BCUT2D eigenvalue weighted by Gasteiger charge is 2.17. The summed E-state index contributed by atoms with van der Waals surface area (Å²) in [5.74, 6) is 0.839. The molecule has 1 saturated carbocycles. The molecule has 19 heavy (non-hydrogen) atoms. The molecule has 0 radical (unpaired) electrons. The maximum atomic E-state index is 10.6. The van der Waals surface area contributed by atoms with Gasteiger partial charge in [-0.15, -0.1) is 0 Å². The quantitative estimate of drug-likeness (QED) is 0.654. The highest BCUT2D eigenvalue weighted by molar-refractivity contribution is 5.32. The van der Waals surface area contributed by atoms with Crippen LogP contribution in [0.1, 0.15) is 38.2 Å². The monoisotopic (exact) mass is 262 g/mol. The van der Waals surface area contributed by atoms with Crippen LogP contribution < -0.4 is 5.32 Å². The van der Waals surface area contributed by atoms with E-state index < -0.39 is 0 Å². The first-order valence-electron chi connectivity index (χ1n) is 7.12. The Labute approximate surface area is 114 Å². The van der Waals surface area contributed by atoms with Gasteiger partial charge in [-0.2, -0.15) is 0 Å². The lowest BCUT2D eigenvalue weighted by Crippen LogP contribution is -2.34.